The molecule has 1 aromatic carbocycles. The van der Waals surface area contributed by atoms with E-state index in [1.165, 1.54) is 0 Å². The van der Waals surface area contributed by atoms with E-state index < -0.39 is 17.1 Å². The predicted molar refractivity (Wildman–Crippen MR) is 98.3 cm³/mol. The van der Waals surface area contributed by atoms with Crippen LogP contribution in [-0.4, -0.2) is 51.7 Å². The van der Waals surface area contributed by atoms with Crippen molar-refractivity contribution >= 4 is 5.71 Å². The van der Waals surface area contributed by atoms with Crippen molar-refractivity contribution in [3.8, 4) is 11.6 Å². The monoisotopic (exact) mass is 358 g/mol. The highest BCUT2D eigenvalue weighted by molar-refractivity contribution is 6.01. The van der Waals surface area contributed by atoms with Gasteiger partial charge in [0.15, 0.2) is 0 Å². The van der Waals surface area contributed by atoms with Gasteiger partial charge in [0, 0.05) is 0 Å². The summed E-state index contributed by atoms with van der Waals surface area (Å²) in [6.07, 6.45) is 0.431. The second-order valence-electron chi connectivity index (χ2n) is 6.05. The zero-order valence-electron chi connectivity index (χ0n) is 14.9. The van der Waals surface area contributed by atoms with E-state index in [2.05, 4.69) is 10.1 Å². The summed E-state index contributed by atoms with van der Waals surface area (Å²) in [5, 5.41) is 17.1. The van der Waals surface area contributed by atoms with Crippen LogP contribution in [0.5, 0.6) is 5.88 Å². The molecule has 8 heteroatoms. The number of aromatic hydroxyl groups is 1. The lowest BCUT2D eigenvalue weighted by atomic mass is 10.1. The summed E-state index contributed by atoms with van der Waals surface area (Å²) in [6.45, 7) is 6.02. The first-order valence-electron chi connectivity index (χ1n) is 8.57. The Kier molecular flexibility index (Phi) is 5.22. The molecule has 0 amide bonds. The predicted octanol–water partition coefficient (Wildman–Crippen LogP) is 0.986. The van der Waals surface area contributed by atoms with E-state index in [-0.39, 0.29) is 5.56 Å². The summed E-state index contributed by atoms with van der Waals surface area (Å²) in [5.41, 5.74) is 0.411. The summed E-state index contributed by atoms with van der Waals surface area (Å²) in [5.74, 6) is -0.401. The number of nitrogens with one attached hydrogen (secondary N) is 1. The van der Waals surface area contributed by atoms with Crippen LogP contribution in [0.4, 0.5) is 0 Å². The molecule has 2 heterocycles. The SMILES string of the molecule is CCC(=NN1CCOCC1)c1c(O)n(-c2ccccc2C)c(=O)[nH]c1=O. The topological polar surface area (TPSA) is 99.9 Å². The molecule has 0 atom stereocenters. The lowest BCUT2D eigenvalue weighted by molar-refractivity contribution is 0.0393. The second-order valence-corrected chi connectivity index (χ2v) is 6.05. The molecule has 0 aliphatic carbocycles. The Morgan fingerprint density at radius 3 is 2.62 bits per heavy atom. The molecule has 1 saturated heterocycles. The van der Waals surface area contributed by atoms with Crippen LogP contribution >= 0.6 is 0 Å². The van der Waals surface area contributed by atoms with Crippen molar-refractivity contribution in [2.75, 3.05) is 26.3 Å². The lowest BCUT2D eigenvalue weighted by Crippen LogP contribution is -2.36. The fourth-order valence-corrected chi connectivity index (χ4v) is 2.94. The second kappa shape index (κ2) is 7.57. The van der Waals surface area contributed by atoms with Crippen LogP contribution in [0.15, 0.2) is 39.0 Å². The van der Waals surface area contributed by atoms with Crippen LogP contribution in [0.3, 0.4) is 0 Å². The van der Waals surface area contributed by atoms with Crippen molar-refractivity contribution in [3.63, 3.8) is 0 Å². The van der Waals surface area contributed by atoms with Crippen LogP contribution in [0.2, 0.25) is 0 Å². The number of morpholine rings is 1. The van der Waals surface area contributed by atoms with Crippen LogP contribution in [0.25, 0.3) is 5.69 Å². The minimum absolute atomic E-state index is 0.0156. The maximum atomic E-state index is 12.4. The van der Waals surface area contributed by atoms with Gasteiger partial charge in [0.1, 0.15) is 5.56 Å². The minimum Gasteiger partial charge on any atom is -0.493 e. The van der Waals surface area contributed by atoms with E-state index >= 15 is 0 Å². The van der Waals surface area contributed by atoms with Gasteiger partial charge in [-0.1, -0.05) is 25.1 Å². The normalized spacial score (nSPS) is 15.3. The van der Waals surface area contributed by atoms with Gasteiger partial charge < -0.3 is 9.84 Å². The van der Waals surface area contributed by atoms with Gasteiger partial charge in [-0.25, -0.2) is 9.36 Å². The van der Waals surface area contributed by atoms with E-state index in [0.29, 0.717) is 44.1 Å². The molecule has 0 bridgehead atoms. The quantitative estimate of drug-likeness (QED) is 0.794. The summed E-state index contributed by atoms with van der Waals surface area (Å²) >= 11 is 0. The van der Waals surface area contributed by atoms with Crippen LogP contribution in [0.1, 0.15) is 24.5 Å². The summed E-state index contributed by atoms with van der Waals surface area (Å²) in [4.78, 5) is 27.1. The average molecular weight is 358 g/mol. The third kappa shape index (κ3) is 3.41. The Morgan fingerprint density at radius 1 is 1.27 bits per heavy atom. The van der Waals surface area contributed by atoms with Gasteiger partial charge in [-0.05, 0) is 25.0 Å². The first kappa shape index (κ1) is 17.9. The van der Waals surface area contributed by atoms with Crippen LogP contribution in [0, 0.1) is 6.92 Å². The number of hydrogen-bond acceptors (Lipinski definition) is 6. The third-order valence-electron chi connectivity index (χ3n) is 4.32. The van der Waals surface area contributed by atoms with E-state index in [0.717, 1.165) is 10.1 Å². The number of benzene rings is 1. The molecule has 8 nitrogen and oxygen atoms in total. The highest BCUT2D eigenvalue weighted by Crippen LogP contribution is 2.20. The van der Waals surface area contributed by atoms with Gasteiger partial charge >= 0.3 is 5.69 Å². The Morgan fingerprint density at radius 2 is 1.96 bits per heavy atom. The molecule has 138 valence electrons. The van der Waals surface area contributed by atoms with Crippen molar-refractivity contribution in [1.29, 1.82) is 0 Å². The molecular weight excluding hydrogens is 336 g/mol. The smallest absolute Gasteiger partial charge is 0.335 e. The number of rotatable bonds is 4. The van der Waals surface area contributed by atoms with Crippen molar-refractivity contribution in [2.24, 2.45) is 5.10 Å². The number of aryl methyl sites for hydroxylation is 1. The summed E-state index contributed by atoms with van der Waals surface area (Å²) in [7, 11) is 0. The summed E-state index contributed by atoms with van der Waals surface area (Å²) < 4.78 is 6.41. The molecule has 1 aliphatic heterocycles. The molecule has 1 fully saturated rings. The van der Waals surface area contributed by atoms with E-state index in [1.54, 1.807) is 12.1 Å². The van der Waals surface area contributed by atoms with E-state index in [9.17, 15) is 14.7 Å². The highest BCUT2D eigenvalue weighted by atomic mass is 16.5. The number of hydrazone groups is 1. The van der Waals surface area contributed by atoms with Gasteiger partial charge in [-0.2, -0.15) is 5.10 Å². The molecule has 0 radical (unpaired) electrons. The Labute approximate surface area is 150 Å². The van der Waals surface area contributed by atoms with Gasteiger partial charge in [0.2, 0.25) is 5.88 Å². The van der Waals surface area contributed by atoms with Crippen LogP contribution < -0.4 is 11.2 Å². The maximum Gasteiger partial charge on any atom is 0.335 e. The van der Waals surface area contributed by atoms with Gasteiger partial charge in [-0.15, -0.1) is 0 Å². The fourth-order valence-electron chi connectivity index (χ4n) is 2.94. The molecule has 3 rings (SSSR count). The maximum absolute atomic E-state index is 12.4. The van der Waals surface area contributed by atoms with Crippen molar-refractivity contribution in [3.05, 3.63) is 56.2 Å². The number of H-pyrrole nitrogens is 1. The molecule has 2 N–H and O–H groups in total. The largest absolute Gasteiger partial charge is 0.493 e. The highest BCUT2D eigenvalue weighted by Gasteiger charge is 2.21. The Hall–Kier alpha value is -2.87. The first-order chi connectivity index (χ1) is 12.5. The van der Waals surface area contributed by atoms with Crippen molar-refractivity contribution in [1.82, 2.24) is 14.6 Å². The Balaban J connectivity index is 2.17. The number of ether oxygens (including phenoxy) is 1. The number of para-hydroxylation sites is 1. The van der Waals surface area contributed by atoms with Crippen LogP contribution in [-0.2, 0) is 4.74 Å². The van der Waals surface area contributed by atoms with Crippen molar-refractivity contribution in [2.45, 2.75) is 20.3 Å². The molecular formula is C18H22N4O4. The summed E-state index contributed by atoms with van der Waals surface area (Å²) in [6, 6.07) is 7.14. The molecule has 0 spiro atoms. The van der Waals surface area contributed by atoms with E-state index in [1.807, 2.05) is 31.0 Å². The molecule has 0 unspecified atom stereocenters. The van der Waals surface area contributed by atoms with Crippen molar-refractivity contribution < 1.29 is 9.84 Å². The zero-order valence-corrected chi connectivity index (χ0v) is 14.9. The number of nitrogens with zero attached hydrogens (tertiary/aromatic N) is 3. The number of aromatic nitrogens is 2. The minimum atomic E-state index is -0.688. The fraction of sp³-hybridized carbons (Fsp3) is 0.389. The molecule has 1 aliphatic rings. The molecule has 2 aromatic rings. The lowest BCUT2D eigenvalue weighted by Gasteiger charge is -2.25. The zero-order chi connectivity index (χ0) is 18.7. The third-order valence-corrected chi connectivity index (χ3v) is 4.32. The Bertz CT molecular complexity index is 939. The number of hydrogen-bond donors (Lipinski definition) is 2. The number of aromatic amines is 1. The standard InChI is InChI=1S/C18H22N4O4/c1-3-13(20-21-8-10-26-11-9-21)15-16(23)19-18(25)22(17(15)24)14-7-5-4-6-12(14)2/h4-7,24H,3,8-11H2,1-2H3,(H,19,23,25). The molecule has 26 heavy (non-hydrogen) atoms. The van der Waals surface area contributed by atoms with Gasteiger partial charge in [0.25, 0.3) is 5.56 Å². The van der Waals surface area contributed by atoms with Gasteiger partial charge in [-0.3, -0.25) is 14.8 Å². The first-order valence-corrected chi connectivity index (χ1v) is 8.57. The average Bonchev–Trinajstić information content (AvgIpc) is 2.63. The molecule has 1 aromatic heterocycles. The van der Waals surface area contributed by atoms with Gasteiger partial charge in [0.05, 0.1) is 37.7 Å². The molecule has 0 saturated carbocycles. The van der Waals surface area contributed by atoms with E-state index in [4.69, 9.17) is 4.74 Å².